The summed E-state index contributed by atoms with van der Waals surface area (Å²) in [6.45, 7) is 6.21. The van der Waals surface area contributed by atoms with Crippen LogP contribution in [-0.2, 0) is 4.74 Å². The number of hydrogen-bond acceptors (Lipinski definition) is 5. The van der Waals surface area contributed by atoms with Crippen molar-refractivity contribution < 1.29 is 9.53 Å². The number of anilines is 1. The second-order valence-corrected chi connectivity index (χ2v) is 4.44. The van der Waals surface area contributed by atoms with Gasteiger partial charge in [-0.05, 0) is 26.0 Å². The van der Waals surface area contributed by atoms with E-state index in [1.54, 1.807) is 24.3 Å². The van der Waals surface area contributed by atoms with E-state index < -0.39 is 0 Å². The number of aromatic nitrogens is 1. The summed E-state index contributed by atoms with van der Waals surface area (Å²) in [5.41, 5.74) is 6.92. The molecule has 1 rings (SSSR count). The van der Waals surface area contributed by atoms with Gasteiger partial charge in [0.25, 0.3) is 5.91 Å². The monoisotopic (exact) mass is 280 g/mol. The fraction of sp³-hybridized carbons (Fsp3) is 0.571. The van der Waals surface area contributed by atoms with Crippen LogP contribution in [0.15, 0.2) is 18.3 Å². The Labute approximate surface area is 120 Å². The maximum atomic E-state index is 12.2. The number of carbonyl (C=O) groups is 1. The Morgan fingerprint density at radius 2 is 2.20 bits per heavy atom. The van der Waals surface area contributed by atoms with E-state index >= 15 is 0 Å². The van der Waals surface area contributed by atoms with Gasteiger partial charge in [-0.25, -0.2) is 0 Å². The Balaban J connectivity index is 2.82. The number of rotatable bonds is 8. The van der Waals surface area contributed by atoms with E-state index in [9.17, 15) is 4.79 Å². The summed E-state index contributed by atoms with van der Waals surface area (Å²) in [6, 6.07) is 3.58. The number of methoxy groups -OCH3 is 1. The molecule has 0 aliphatic heterocycles. The molecule has 0 radical (unpaired) electrons. The summed E-state index contributed by atoms with van der Waals surface area (Å²) in [6.07, 6.45) is 1.62. The first-order chi connectivity index (χ1) is 9.65. The molecular weight excluding hydrogens is 256 g/mol. The van der Waals surface area contributed by atoms with Crippen LogP contribution in [0.2, 0.25) is 0 Å². The van der Waals surface area contributed by atoms with Crippen LogP contribution in [0.25, 0.3) is 0 Å². The number of ether oxygens (including phenoxy) is 1. The number of amides is 1. The molecule has 0 bridgehead atoms. The lowest BCUT2D eigenvalue weighted by molar-refractivity contribution is 0.0767. The van der Waals surface area contributed by atoms with Crippen molar-refractivity contribution in [2.75, 3.05) is 38.7 Å². The molecule has 0 saturated carbocycles. The molecule has 6 heteroatoms. The molecule has 3 N–H and O–H groups in total. The quantitative estimate of drug-likeness (QED) is 0.741. The lowest BCUT2D eigenvalue weighted by Crippen LogP contribution is -2.33. The van der Waals surface area contributed by atoms with E-state index in [4.69, 9.17) is 10.5 Å². The summed E-state index contributed by atoms with van der Waals surface area (Å²) in [5, 5.41) is 3.24. The van der Waals surface area contributed by atoms with E-state index in [0.29, 0.717) is 31.9 Å². The van der Waals surface area contributed by atoms with Gasteiger partial charge in [0.15, 0.2) is 0 Å². The van der Waals surface area contributed by atoms with E-state index in [-0.39, 0.29) is 11.9 Å². The first-order valence-corrected chi connectivity index (χ1v) is 6.87. The Kier molecular flexibility index (Phi) is 6.97. The van der Waals surface area contributed by atoms with Crippen LogP contribution in [0.1, 0.15) is 24.3 Å². The molecule has 6 nitrogen and oxygen atoms in total. The molecule has 0 aromatic carbocycles. The van der Waals surface area contributed by atoms with Crippen LogP contribution < -0.4 is 11.1 Å². The van der Waals surface area contributed by atoms with Gasteiger partial charge in [-0.2, -0.15) is 0 Å². The molecule has 0 aliphatic carbocycles. The Morgan fingerprint density at radius 1 is 1.50 bits per heavy atom. The Bertz CT molecular complexity index is 421. The number of carbonyl (C=O) groups excluding carboxylic acids is 1. The Hall–Kier alpha value is -1.66. The average molecular weight is 280 g/mol. The van der Waals surface area contributed by atoms with Crippen LogP contribution in [0, 0.1) is 0 Å². The molecule has 1 heterocycles. The van der Waals surface area contributed by atoms with Gasteiger partial charge in [0.05, 0.1) is 12.6 Å². The molecule has 0 saturated heterocycles. The van der Waals surface area contributed by atoms with Crippen molar-refractivity contribution in [2.24, 2.45) is 5.73 Å². The van der Waals surface area contributed by atoms with Gasteiger partial charge in [-0.1, -0.05) is 0 Å². The molecular formula is C14H24N4O2. The van der Waals surface area contributed by atoms with Gasteiger partial charge < -0.3 is 20.7 Å². The fourth-order valence-electron chi connectivity index (χ4n) is 1.92. The molecule has 0 spiro atoms. The van der Waals surface area contributed by atoms with Crippen molar-refractivity contribution in [3.8, 4) is 0 Å². The molecule has 20 heavy (non-hydrogen) atoms. The minimum absolute atomic E-state index is 0.0128. The van der Waals surface area contributed by atoms with Gasteiger partial charge in [0.1, 0.15) is 5.69 Å². The first kappa shape index (κ1) is 16.4. The smallest absolute Gasteiger partial charge is 0.272 e. The van der Waals surface area contributed by atoms with Crippen LogP contribution in [0.3, 0.4) is 0 Å². The van der Waals surface area contributed by atoms with Crippen molar-refractivity contribution in [1.29, 1.82) is 0 Å². The van der Waals surface area contributed by atoms with Crippen molar-refractivity contribution in [3.63, 3.8) is 0 Å². The van der Waals surface area contributed by atoms with Crippen LogP contribution in [-0.4, -0.2) is 55.2 Å². The predicted molar refractivity (Wildman–Crippen MR) is 79.8 cm³/mol. The van der Waals surface area contributed by atoms with Crippen LogP contribution in [0.4, 0.5) is 5.69 Å². The molecule has 112 valence electrons. The molecule has 1 aromatic rings. The van der Waals surface area contributed by atoms with Gasteiger partial charge in [0.2, 0.25) is 0 Å². The third kappa shape index (κ3) is 4.47. The summed E-state index contributed by atoms with van der Waals surface area (Å²) in [7, 11) is 1.63. The van der Waals surface area contributed by atoms with Crippen molar-refractivity contribution in [2.45, 2.75) is 19.9 Å². The average Bonchev–Trinajstić information content (AvgIpc) is 2.48. The highest BCUT2D eigenvalue weighted by molar-refractivity contribution is 5.93. The summed E-state index contributed by atoms with van der Waals surface area (Å²) >= 11 is 0. The lowest BCUT2D eigenvalue weighted by Gasteiger charge is -2.20. The second kappa shape index (κ2) is 8.50. The van der Waals surface area contributed by atoms with Gasteiger partial charge in [-0.15, -0.1) is 0 Å². The molecule has 1 aromatic heterocycles. The zero-order valence-electron chi connectivity index (χ0n) is 12.4. The number of hydrogen-bond donors (Lipinski definition) is 2. The minimum Gasteiger partial charge on any atom is -0.383 e. The molecule has 0 fully saturated rings. The lowest BCUT2D eigenvalue weighted by atomic mass is 10.2. The number of nitrogens with one attached hydrogen (secondary N) is 1. The van der Waals surface area contributed by atoms with Gasteiger partial charge >= 0.3 is 0 Å². The largest absolute Gasteiger partial charge is 0.383 e. The maximum absolute atomic E-state index is 12.2. The van der Waals surface area contributed by atoms with Crippen molar-refractivity contribution >= 4 is 11.6 Å². The number of nitrogens with zero attached hydrogens (tertiary/aromatic N) is 2. The summed E-state index contributed by atoms with van der Waals surface area (Å²) in [4.78, 5) is 18.1. The highest BCUT2D eigenvalue weighted by Gasteiger charge is 2.15. The van der Waals surface area contributed by atoms with Crippen molar-refractivity contribution in [1.82, 2.24) is 9.88 Å². The Morgan fingerprint density at radius 3 is 2.75 bits per heavy atom. The standard InChI is InChI=1S/C14H24N4O2/c1-4-18(5-2)14(19)13-8-11(6-7-16-13)17-12(9-15)10-20-3/h6-8,12H,4-5,9-10,15H2,1-3H3,(H,16,17). The van der Waals surface area contributed by atoms with Gasteiger partial charge in [-0.3, -0.25) is 9.78 Å². The second-order valence-electron chi connectivity index (χ2n) is 4.44. The van der Waals surface area contributed by atoms with Gasteiger partial charge in [0, 0.05) is 38.6 Å². The molecule has 0 aliphatic rings. The highest BCUT2D eigenvalue weighted by Crippen LogP contribution is 2.11. The number of nitrogens with two attached hydrogens (primary N) is 1. The SMILES string of the molecule is CCN(CC)C(=O)c1cc(NC(CN)COC)ccn1. The summed E-state index contributed by atoms with van der Waals surface area (Å²) in [5.74, 6) is -0.0605. The normalized spacial score (nSPS) is 12.0. The minimum atomic E-state index is -0.0605. The molecule has 1 unspecified atom stereocenters. The van der Waals surface area contributed by atoms with E-state index in [0.717, 1.165) is 5.69 Å². The third-order valence-corrected chi connectivity index (χ3v) is 3.05. The molecule has 1 amide bonds. The maximum Gasteiger partial charge on any atom is 0.272 e. The molecule has 1 atom stereocenters. The fourth-order valence-corrected chi connectivity index (χ4v) is 1.92. The zero-order valence-corrected chi connectivity index (χ0v) is 12.4. The van der Waals surface area contributed by atoms with E-state index in [1.807, 2.05) is 19.9 Å². The highest BCUT2D eigenvalue weighted by atomic mass is 16.5. The van der Waals surface area contributed by atoms with Crippen LogP contribution >= 0.6 is 0 Å². The third-order valence-electron chi connectivity index (χ3n) is 3.05. The van der Waals surface area contributed by atoms with E-state index in [1.165, 1.54) is 0 Å². The van der Waals surface area contributed by atoms with Crippen molar-refractivity contribution in [3.05, 3.63) is 24.0 Å². The summed E-state index contributed by atoms with van der Waals surface area (Å²) < 4.78 is 5.08. The van der Waals surface area contributed by atoms with E-state index in [2.05, 4.69) is 10.3 Å². The zero-order chi connectivity index (χ0) is 15.0. The topological polar surface area (TPSA) is 80.5 Å². The predicted octanol–water partition coefficient (Wildman–Crippen LogP) is 0.949. The number of pyridine rings is 1. The first-order valence-electron chi connectivity index (χ1n) is 6.87. The van der Waals surface area contributed by atoms with Crippen LogP contribution in [0.5, 0.6) is 0 Å².